The van der Waals surface area contributed by atoms with Crippen LogP contribution in [0.1, 0.15) is 38.7 Å². The second-order valence-corrected chi connectivity index (χ2v) is 5.82. The molecule has 1 saturated heterocycles. The predicted molar refractivity (Wildman–Crippen MR) is 85.1 cm³/mol. The Labute approximate surface area is 121 Å². The molecule has 110 valence electrons. The van der Waals surface area contributed by atoms with Crippen molar-refractivity contribution in [2.24, 2.45) is 5.92 Å². The standard InChI is InChI=1S/C16H25N3O/c1-4-16(20)18-14-9-15(12(3)8-13(14)17)19-7-5-6-11(2)10-19/h8-9,11H,4-7,10,17H2,1-3H3,(H,18,20)/t11-/m1/s1. The summed E-state index contributed by atoms with van der Waals surface area (Å²) in [4.78, 5) is 14.0. The molecule has 1 amide bonds. The van der Waals surface area contributed by atoms with Gasteiger partial charge in [0.15, 0.2) is 0 Å². The number of carbonyl (C=O) groups is 1. The van der Waals surface area contributed by atoms with E-state index < -0.39 is 0 Å². The maximum atomic E-state index is 11.6. The summed E-state index contributed by atoms with van der Waals surface area (Å²) in [6.07, 6.45) is 2.98. The van der Waals surface area contributed by atoms with Crippen LogP contribution >= 0.6 is 0 Å². The van der Waals surface area contributed by atoms with Crippen LogP contribution in [0.5, 0.6) is 0 Å². The zero-order valence-corrected chi connectivity index (χ0v) is 12.7. The molecule has 1 heterocycles. The first kappa shape index (κ1) is 14.7. The third kappa shape index (κ3) is 3.24. The molecule has 0 radical (unpaired) electrons. The molecule has 0 saturated carbocycles. The number of aryl methyl sites for hydroxylation is 1. The number of amides is 1. The van der Waals surface area contributed by atoms with Crippen LogP contribution in [0.15, 0.2) is 12.1 Å². The van der Waals surface area contributed by atoms with E-state index >= 15 is 0 Å². The van der Waals surface area contributed by atoms with Gasteiger partial charge in [-0.1, -0.05) is 13.8 Å². The molecule has 1 aromatic carbocycles. The molecule has 0 spiro atoms. The predicted octanol–water partition coefficient (Wildman–Crippen LogP) is 3.16. The van der Waals surface area contributed by atoms with Gasteiger partial charge in [0.1, 0.15) is 0 Å². The van der Waals surface area contributed by atoms with Crippen molar-refractivity contribution in [3.05, 3.63) is 17.7 Å². The Balaban J connectivity index is 2.28. The fraction of sp³-hybridized carbons (Fsp3) is 0.562. The van der Waals surface area contributed by atoms with Gasteiger partial charge in [0.2, 0.25) is 5.91 Å². The van der Waals surface area contributed by atoms with Gasteiger partial charge >= 0.3 is 0 Å². The molecule has 2 rings (SSSR count). The average Bonchev–Trinajstić information content (AvgIpc) is 2.41. The van der Waals surface area contributed by atoms with E-state index in [2.05, 4.69) is 24.1 Å². The van der Waals surface area contributed by atoms with E-state index in [-0.39, 0.29) is 5.91 Å². The summed E-state index contributed by atoms with van der Waals surface area (Å²) >= 11 is 0. The number of nitrogens with one attached hydrogen (secondary N) is 1. The number of piperidine rings is 1. The van der Waals surface area contributed by atoms with Gasteiger partial charge in [0.05, 0.1) is 11.4 Å². The highest BCUT2D eigenvalue weighted by Gasteiger charge is 2.19. The molecule has 1 aliphatic rings. The molecule has 4 heteroatoms. The minimum Gasteiger partial charge on any atom is -0.397 e. The van der Waals surface area contributed by atoms with Crippen LogP contribution in [-0.4, -0.2) is 19.0 Å². The molecular formula is C16H25N3O. The molecule has 1 aliphatic heterocycles. The molecule has 1 fully saturated rings. The lowest BCUT2D eigenvalue weighted by atomic mass is 9.98. The lowest BCUT2D eigenvalue weighted by molar-refractivity contribution is -0.115. The van der Waals surface area contributed by atoms with Gasteiger partial charge in [-0.05, 0) is 43.4 Å². The van der Waals surface area contributed by atoms with Crippen LogP contribution in [0, 0.1) is 12.8 Å². The van der Waals surface area contributed by atoms with Crippen molar-refractivity contribution in [1.82, 2.24) is 0 Å². The number of carbonyl (C=O) groups excluding carboxylic acids is 1. The fourth-order valence-corrected chi connectivity index (χ4v) is 2.81. The maximum absolute atomic E-state index is 11.6. The largest absolute Gasteiger partial charge is 0.397 e. The normalized spacial score (nSPS) is 18.9. The van der Waals surface area contributed by atoms with Crippen molar-refractivity contribution in [3.63, 3.8) is 0 Å². The lowest BCUT2D eigenvalue weighted by Gasteiger charge is -2.34. The van der Waals surface area contributed by atoms with Crippen molar-refractivity contribution >= 4 is 23.0 Å². The minimum absolute atomic E-state index is 0.00137. The molecule has 0 bridgehead atoms. The minimum atomic E-state index is -0.00137. The second-order valence-electron chi connectivity index (χ2n) is 5.82. The molecule has 0 aliphatic carbocycles. The van der Waals surface area contributed by atoms with Gasteiger partial charge < -0.3 is 16.0 Å². The molecular weight excluding hydrogens is 250 g/mol. The third-order valence-corrected chi connectivity index (χ3v) is 3.96. The Bertz CT molecular complexity index is 499. The first-order valence-electron chi connectivity index (χ1n) is 7.46. The van der Waals surface area contributed by atoms with Crippen molar-refractivity contribution in [1.29, 1.82) is 0 Å². The van der Waals surface area contributed by atoms with Crippen molar-refractivity contribution in [2.45, 2.75) is 40.0 Å². The van der Waals surface area contributed by atoms with Crippen LogP contribution in [0.4, 0.5) is 17.1 Å². The van der Waals surface area contributed by atoms with Crippen LogP contribution < -0.4 is 16.0 Å². The van der Waals surface area contributed by atoms with Crippen LogP contribution in [-0.2, 0) is 4.79 Å². The van der Waals surface area contributed by atoms with Gasteiger partial charge in [0, 0.05) is 25.2 Å². The molecule has 3 N–H and O–H groups in total. The summed E-state index contributed by atoms with van der Waals surface area (Å²) in [6.45, 7) is 8.37. The monoisotopic (exact) mass is 275 g/mol. The van der Waals surface area contributed by atoms with E-state index in [0.29, 0.717) is 12.1 Å². The Morgan fingerprint density at radius 3 is 2.90 bits per heavy atom. The average molecular weight is 275 g/mol. The Kier molecular flexibility index (Phi) is 4.53. The SMILES string of the molecule is CCC(=O)Nc1cc(N2CCC[C@@H](C)C2)c(C)cc1N. The maximum Gasteiger partial charge on any atom is 0.224 e. The van der Waals surface area contributed by atoms with Crippen molar-refractivity contribution in [3.8, 4) is 0 Å². The first-order valence-corrected chi connectivity index (χ1v) is 7.46. The highest BCUT2D eigenvalue weighted by atomic mass is 16.1. The van der Waals surface area contributed by atoms with Gasteiger partial charge in [-0.15, -0.1) is 0 Å². The molecule has 0 aromatic heterocycles. The van der Waals surface area contributed by atoms with Crippen LogP contribution in [0.3, 0.4) is 0 Å². The Hall–Kier alpha value is -1.71. The number of nitrogens with two attached hydrogens (primary N) is 1. The van der Waals surface area contributed by atoms with E-state index in [9.17, 15) is 4.79 Å². The molecule has 0 unspecified atom stereocenters. The van der Waals surface area contributed by atoms with Crippen molar-refractivity contribution in [2.75, 3.05) is 29.0 Å². The molecule has 20 heavy (non-hydrogen) atoms. The summed E-state index contributed by atoms with van der Waals surface area (Å²) < 4.78 is 0. The summed E-state index contributed by atoms with van der Waals surface area (Å²) in [5.74, 6) is 0.716. The highest BCUT2D eigenvalue weighted by Crippen LogP contribution is 2.32. The van der Waals surface area contributed by atoms with Crippen LogP contribution in [0.2, 0.25) is 0 Å². The van der Waals surface area contributed by atoms with E-state index in [0.717, 1.165) is 24.7 Å². The highest BCUT2D eigenvalue weighted by molar-refractivity contribution is 5.94. The second kappa shape index (κ2) is 6.16. The number of rotatable bonds is 3. The summed E-state index contributed by atoms with van der Waals surface area (Å²) in [7, 11) is 0. The van der Waals surface area contributed by atoms with Gasteiger partial charge in [-0.3, -0.25) is 4.79 Å². The summed E-state index contributed by atoms with van der Waals surface area (Å²) in [5, 5.41) is 2.89. The topological polar surface area (TPSA) is 58.4 Å². The van der Waals surface area contributed by atoms with Crippen LogP contribution in [0.25, 0.3) is 0 Å². The number of hydrogen-bond donors (Lipinski definition) is 2. The Morgan fingerprint density at radius 1 is 1.50 bits per heavy atom. The van der Waals surface area contributed by atoms with E-state index in [1.165, 1.54) is 24.1 Å². The zero-order chi connectivity index (χ0) is 14.7. The van der Waals surface area contributed by atoms with Gasteiger partial charge in [0.25, 0.3) is 0 Å². The quantitative estimate of drug-likeness (QED) is 0.833. The lowest BCUT2D eigenvalue weighted by Crippen LogP contribution is -2.34. The first-order chi connectivity index (χ1) is 9.51. The summed E-state index contributed by atoms with van der Waals surface area (Å²) in [6, 6.07) is 3.98. The van der Waals surface area contributed by atoms with E-state index in [4.69, 9.17) is 5.73 Å². The van der Waals surface area contributed by atoms with E-state index in [1.807, 2.05) is 19.1 Å². The van der Waals surface area contributed by atoms with Gasteiger partial charge in [-0.2, -0.15) is 0 Å². The smallest absolute Gasteiger partial charge is 0.224 e. The third-order valence-electron chi connectivity index (χ3n) is 3.96. The molecule has 1 aromatic rings. The zero-order valence-electron chi connectivity index (χ0n) is 12.7. The number of hydrogen-bond acceptors (Lipinski definition) is 3. The summed E-state index contributed by atoms with van der Waals surface area (Å²) in [5.41, 5.74) is 9.75. The molecule has 4 nitrogen and oxygen atoms in total. The Morgan fingerprint density at radius 2 is 2.25 bits per heavy atom. The fourth-order valence-electron chi connectivity index (χ4n) is 2.81. The van der Waals surface area contributed by atoms with E-state index in [1.54, 1.807) is 0 Å². The number of anilines is 3. The number of benzene rings is 1. The van der Waals surface area contributed by atoms with Crippen molar-refractivity contribution < 1.29 is 4.79 Å². The number of nitrogen functional groups attached to an aromatic ring is 1. The molecule has 1 atom stereocenters. The van der Waals surface area contributed by atoms with Gasteiger partial charge in [-0.25, -0.2) is 0 Å². The number of nitrogens with zero attached hydrogens (tertiary/aromatic N) is 1.